The lowest BCUT2D eigenvalue weighted by Gasteiger charge is -2.27. The number of aromatic nitrogens is 1. The molecule has 0 amide bonds. The van der Waals surface area contributed by atoms with Crippen LogP contribution in [0.3, 0.4) is 0 Å². The predicted octanol–water partition coefficient (Wildman–Crippen LogP) is 4.21. The number of halogens is 1. The van der Waals surface area contributed by atoms with Crippen LogP contribution in [-0.4, -0.2) is 11.0 Å². The fourth-order valence-corrected chi connectivity index (χ4v) is 3.04. The molecule has 0 aliphatic carbocycles. The standard InChI is InChI=1S/C16H17ClN2/c1-11-7-16(14(9-17)10-18-11)19-12(2)8-13-5-3-4-6-15(13)19/h3-7,10,12H,8-9H2,1-2H3. The zero-order valence-corrected chi connectivity index (χ0v) is 12.0. The van der Waals surface area contributed by atoms with E-state index < -0.39 is 0 Å². The summed E-state index contributed by atoms with van der Waals surface area (Å²) >= 11 is 6.07. The number of pyridine rings is 1. The zero-order valence-electron chi connectivity index (χ0n) is 11.2. The van der Waals surface area contributed by atoms with Crippen molar-refractivity contribution in [3.05, 3.63) is 53.3 Å². The number of fused-ring (bicyclic) bond motifs is 1. The highest BCUT2D eigenvalue weighted by Gasteiger charge is 2.28. The molecule has 1 unspecified atom stereocenters. The zero-order chi connectivity index (χ0) is 13.4. The number of nitrogens with zero attached hydrogens (tertiary/aromatic N) is 2. The van der Waals surface area contributed by atoms with Crippen LogP contribution in [0.5, 0.6) is 0 Å². The summed E-state index contributed by atoms with van der Waals surface area (Å²) in [6.07, 6.45) is 2.98. The minimum atomic E-state index is 0.459. The van der Waals surface area contributed by atoms with Crippen LogP contribution in [-0.2, 0) is 12.3 Å². The van der Waals surface area contributed by atoms with E-state index in [9.17, 15) is 0 Å². The van der Waals surface area contributed by atoms with Gasteiger partial charge in [0.25, 0.3) is 0 Å². The predicted molar refractivity (Wildman–Crippen MR) is 80.3 cm³/mol. The highest BCUT2D eigenvalue weighted by atomic mass is 35.5. The number of hydrogen-bond acceptors (Lipinski definition) is 2. The van der Waals surface area contributed by atoms with Gasteiger partial charge in [0.1, 0.15) is 0 Å². The van der Waals surface area contributed by atoms with E-state index in [4.69, 9.17) is 11.6 Å². The summed E-state index contributed by atoms with van der Waals surface area (Å²) in [6.45, 7) is 4.28. The van der Waals surface area contributed by atoms with Crippen molar-refractivity contribution in [2.24, 2.45) is 0 Å². The summed E-state index contributed by atoms with van der Waals surface area (Å²) in [5, 5.41) is 0. The number of hydrogen-bond donors (Lipinski definition) is 0. The molecule has 0 radical (unpaired) electrons. The van der Waals surface area contributed by atoms with Gasteiger partial charge in [0, 0.05) is 34.9 Å². The number of para-hydroxylation sites is 1. The smallest absolute Gasteiger partial charge is 0.0510 e. The van der Waals surface area contributed by atoms with E-state index in [1.165, 1.54) is 16.9 Å². The number of alkyl halides is 1. The van der Waals surface area contributed by atoms with Gasteiger partial charge in [-0.05, 0) is 38.0 Å². The van der Waals surface area contributed by atoms with Gasteiger partial charge in [-0.3, -0.25) is 4.98 Å². The number of rotatable bonds is 2. The molecule has 0 fully saturated rings. The van der Waals surface area contributed by atoms with Crippen molar-refractivity contribution in [3.63, 3.8) is 0 Å². The summed E-state index contributed by atoms with van der Waals surface area (Å²) < 4.78 is 0. The van der Waals surface area contributed by atoms with Gasteiger partial charge >= 0.3 is 0 Å². The largest absolute Gasteiger partial charge is 0.338 e. The summed E-state index contributed by atoms with van der Waals surface area (Å²) in [4.78, 5) is 6.74. The Hall–Kier alpha value is -1.54. The Bertz CT molecular complexity index is 609. The molecule has 1 aromatic heterocycles. The normalized spacial score (nSPS) is 17.6. The highest BCUT2D eigenvalue weighted by molar-refractivity contribution is 6.17. The van der Waals surface area contributed by atoms with Crippen LogP contribution in [0, 0.1) is 6.92 Å². The fourth-order valence-electron chi connectivity index (χ4n) is 2.83. The maximum atomic E-state index is 6.07. The third kappa shape index (κ3) is 2.10. The molecular formula is C16H17ClN2. The monoisotopic (exact) mass is 272 g/mol. The van der Waals surface area contributed by atoms with Gasteiger partial charge in [-0.15, -0.1) is 11.6 Å². The van der Waals surface area contributed by atoms with E-state index in [1.54, 1.807) is 0 Å². The van der Waals surface area contributed by atoms with Crippen molar-refractivity contribution in [3.8, 4) is 0 Å². The van der Waals surface area contributed by atoms with E-state index in [-0.39, 0.29) is 0 Å². The molecule has 1 aliphatic heterocycles. The maximum absolute atomic E-state index is 6.07. The quantitative estimate of drug-likeness (QED) is 0.761. The molecule has 2 aromatic rings. The van der Waals surface area contributed by atoms with Gasteiger partial charge in [0.05, 0.1) is 5.88 Å². The van der Waals surface area contributed by atoms with Gasteiger partial charge in [-0.2, -0.15) is 0 Å². The van der Waals surface area contributed by atoms with Gasteiger partial charge in [-0.25, -0.2) is 0 Å². The lowest BCUT2D eigenvalue weighted by Crippen LogP contribution is -2.25. The first-order valence-corrected chi connectivity index (χ1v) is 7.13. The van der Waals surface area contributed by atoms with Gasteiger partial charge in [0.2, 0.25) is 0 Å². The molecule has 0 spiro atoms. The van der Waals surface area contributed by atoms with Crippen LogP contribution in [0.15, 0.2) is 36.5 Å². The molecule has 1 aliphatic rings. The van der Waals surface area contributed by atoms with Crippen molar-refractivity contribution in [2.45, 2.75) is 32.2 Å². The van der Waals surface area contributed by atoms with E-state index >= 15 is 0 Å². The summed E-state index contributed by atoms with van der Waals surface area (Å²) in [5.41, 5.74) is 6.02. The number of benzene rings is 1. The van der Waals surface area contributed by atoms with Crippen molar-refractivity contribution < 1.29 is 0 Å². The Labute approximate surface area is 119 Å². The molecule has 3 rings (SSSR count). The summed E-state index contributed by atoms with van der Waals surface area (Å²) in [6, 6.07) is 11.2. The molecule has 2 heterocycles. The molecule has 3 heteroatoms. The Morgan fingerprint density at radius 1 is 1.32 bits per heavy atom. The fraction of sp³-hybridized carbons (Fsp3) is 0.312. The molecule has 0 saturated carbocycles. The second-order valence-corrected chi connectivity index (χ2v) is 5.41. The average molecular weight is 273 g/mol. The van der Waals surface area contributed by atoms with Crippen molar-refractivity contribution in [1.29, 1.82) is 0 Å². The molecule has 1 aromatic carbocycles. The van der Waals surface area contributed by atoms with Crippen LogP contribution in [0.1, 0.15) is 23.7 Å². The Balaban J connectivity index is 2.14. The van der Waals surface area contributed by atoms with Crippen LogP contribution < -0.4 is 4.90 Å². The van der Waals surface area contributed by atoms with Crippen molar-refractivity contribution >= 4 is 23.0 Å². The van der Waals surface area contributed by atoms with Gasteiger partial charge in [-0.1, -0.05) is 18.2 Å². The lowest BCUT2D eigenvalue weighted by atomic mass is 10.1. The topological polar surface area (TPSA) is 16.1 Å². The molecule has 98 valence electrons. The van der Waals surface area contributed by atoms with E-state index in [1.807, 2.05) is 13.1 Å². The average Bonchev–Trinajstić information content (AvgIpc) is 2.74. The molecule has 1 atom stereocenters. The van der Waals surface area contributed by atoms with Crippen LogP contribution in [0.4, 0.5) is 11.4 Å². The first kappa shape index (κ1) is 12.5. The van der Waals surface area contributed by atoms with Gasteiger partial charge in [0.15, 0.2) is 0 Å². The molecule has 0 saturated heterocycles. The SMILES string of the molecule is Cc1cc(N2c3ccccc3CC2C)c(CCl)cn1. The Kier molecular flexibility index (Phi) is 3.19. The maximum Gasteiger partial charge on any atom is 0.0510 e. The second kappa shape index (κ2) is 4.86. The third-order valence-corrected chi connectivity index (χ3v) is 4.00. The molecule has 19 heavy (non-hydrogen) atoms. The first-order valence-electron chi connectivity index (χ1n) is 6.59. The van der Waals surface area contributed by atoms with Crippen molar-refractivity contribution in [1.82, 2.24) is 4.98 Å². The minimum Gasteiger partial charge on any atom is -0.338 e. The Morgan fingerprint density at radius 2 is 2.11 bits per heavy atom. The molecule has 2 nitrogen and oxygen atoms in total. The van der Waals surface area contributed by atoms with Crippen molar-refractivity contribution in [2.75, 3.05) is 4.90 Å². The highest BCUT2D eigenvalue weighted by Crippen LogP contribution is 2.39. The molecular weight excluding hydrogens is 256 g/mol. The van der Waals surface area contributed by atoms with Crippen LogP contribution in [0.25, 0.3) is 0 Å². The Morgan fingerprint density at radius 3 is 2.89 bits per heavy atom. The first-order chi connectivity index (χ1) is 9.20. The van der Waals surface area contributed by atoms with E-state index in [0.717, 1.165) is 17.7 Å². The number of anilines is 2. The lowest BCUT2D eigenvalue weighted by molar-refractivity contribution is 0.755. The molecule has 0 bridgehead atoms. The number of aryl methyl sites for hydroxylation is 1. The van der Waals surface area contributed by atoms with Crippen LogP contribution >= 0.6 is 11.6 Å². The second-order valence-electron chi connectivity index (χ2n) is 5.14. The van der Waals surface area contributed by atoms with E-state index in [0.29, 0.717) is 11.9 Å². The summed E-state index contributed by atoms with van der Waals surface area (Å²) in [7, 11) is 0. The minimum absolute atomic E-state index is 0.459. The van der Waals surface area contributed by atoms with Crippen LogP contribution in [0.2, 0.25) is 0 Å². The van der Waals surface area contributed by atoms with E-state index in [2.05, 4.69) is 47.1 Å². The van der Waals surface area contributed by atoms with Gasteiger partial charge < -0.3 is 4.90 Å². The third-order valence-electron chi connectivity index (χ3n) is 3.71. The molecule has 0 N–H and O–H groups in total. The summed E-state index contributed by atoms with van der Waals surface area (Å²) in [5.74, 6) is 0.494.